The van der Waals surface area contributed by atoms with E-state index in [1.54, 1.807) is 0 Å². The number of ether oxygens (including phenoxy) is 1. The summed E-state index contributed by atoms with van der Waals surface area (Å²) in [6.07, 6.45) is 1.10. The van der Waals surface area contributed by atoms with Crippen molar-refractivity contribution in [2.75, 3.05) is 13.2 Å². The molecule has 2 heteroatoms. The number of thiol groups is 1. The average Bonchev–Trinajstić information content (AvgIpc) is 1.66. The molecule has 0 aliphatic heterocycles. The molecule has 1 unspecified atom stereocenters. The molecule has 1 atom stereocenters. The lowest BCUT2D eigenvalue weighted by Gasteiger charge is -2.02. The first-order valence-electron chi connectivity index (χ1n) is 3.03. The Bertz CT molecular complexity index is 45.8. The lowest BCUT2D eigenvalue weighted by Crippen LogP contribution is -2.04. The summed E-state index contributed by atoms with van der Waals surface area (Å²) in [6, 6.07) is 0. The second-order valence-corrected chi connectivity index (χ2v) is 2.81. The highest BCUT2D eigenvalue weighted by Crippen LogP contribution is 1.92. The highest BCUT2D eigenvalue weighted by atomic mass is 32.1. The van der Waals surface area contributed by atoms with E-state index in [0.29, 0.717) is 5.25 Å². The van der Waals surface area contributed by atoms with E-state index < -0.39 is 0 Å². The van der Waals surface area contributed by atoms with Crippen LogP contribution in [0.4, 0.5) is 0 Å². The first-order valence-corrected chi connectivity index (χ1v) is 3.54. The molecule has 0 aliphatic carbocycles. The molecule has 0 saturated carbocycles. The van der Waals surface area contributed by atoms with Crippen molar-refractivity contribution < 1.29 is 4.74 Å². The third kappa shape index (κ3) is 6.31. The fraction of sp³-hybridized carbons (Fsp3) is 1.00. The second kappa shape index (κ2) is 5.45. The van der Waals surface area contributed by atoms with Crippen LogP contribution in [0.25, 0.3) is 0 Å². The quantitative estimate of drug-likeness (QED) is 0.455. The summed E-state index contributed by atoms with van der Waals surface area (Å²) in [5, 5.41) is 0.376. The van der Waals surface area contributed by atoms with Crippen molar-refractivity contribution in [2.24, 2.45) is 0 Å². The van der Waals surface area contributed by atoms with Crippen LogP contribution in [0, 0.1) is 0 Å². The molecule has 0 radical (unpaired) electrons. The van der Waals surface area contributed by atoms with Crippen LogP contribution in [0.15, 0.2) is 0 Å². The summed E-state index contributed by atoms with van der Waals surface area (Å²) in [6.45, 7) is 5.77. The van der Waals surface area contributed by atoms with Gasteiger partial charge in [0.15, 0.2) is 0 Å². The van der Waals surface area contributed by atoms with Gasteiger partial charge < -0.3 is 4.74 Å². The summed E-state index contributed by atoms with van der Waals surface area (Å²) in [5.74, 6) is 0. The van der Waals surface area contributed by atoms with E-state index in [-0.39, 0.29) is 0 Å². The summed E-state index contributed by atoms with van der Waals surface area (Å²) in [7, 11) is 0. The zero-order valence-electron chi connectivity index (χ0n) is 5.55. The van der Waals surface area contributed by atoms with Crippen molar-refractivity contribution in [3.63, 3.8) is 0 Å². The molecular weight excluding hydrogens is 120 g/mol. The van der Waals surface area contributed by atoms with Gasteiger partial charge in [-0.1, -0.05) is 13.8 Å². The van der Waals surface area contributed by atoms with Crippen LogP contribution < -0.4 is 0 Å². The standard InChI is InChI=1S/C6H14OS/c1-3-4-7-5-6(2)8/h6,8H,3-5H2,1-2H3. The predicted molar refractivity (Wildman–Crippen MR) is 39.6 cm³/mol. The Morgan fingerprint density at radius 3 is 2.62 bits per heavy atom. The summed E-state index contributed by atoms with van der Waals surface area (Å²) >= 11 is 4.15. The van der Waals surface area contributed by atoms with E-state index in [1.807, 2.05) is 6.92 Å². The third-order valence-electron chi connectivity index (χ3n) is 0.708. The van der Waals surface area contributed by atoms with Crippen LogP contribution >= 0.6 is 12.6 Å². The number of hydrogen-bond acceptors (Lipinski definition) is 2. The van der Waals surface area contributed by atoms with Gasteiger partial charge in [-0.3, -0.25) is 0 Å². The normalized spacial score (nSPS) is 13.9. The molecule has 0 aliphatic rings. The highest BCUT2D eigenvalue weighted by molar-refractivity contribution is 7.80. The Morgan fingerprint density at radius 1 is 1.62 bits per heavy atom. The van der Waals surface area contributed by atoms with E-state index in [2.05, 4.69) is 19.6 Å². The van der Waals surface area contributed by atoms with Crippen molar-refractivity contribution in [1.29, 1.82) is 0 Å². The zero-order valence-corrected chi connectivity index (χ0v) is 6.45. The topological polar surface area (TPSA) is 9.23 Å². The van der Waals surface area contributed by atoms with E-state index in [9.17, 15) is 0 Å². The summed E-state index contributed by atoms with van der Waals surface area (Å²) < 4.78 is 5.17. The Morgan fingerprint density at radius 2 is 2.25 bits per heavy atom. The van der Waals surface area contributed by atoms with Crippen molar-refractivity contribution in [2.45, 2.75) is 25.5 Å². The van der Waals surface area contributed by atoms with Gasteiger partial charge in [-0.25, -0.2) is 0 Å². The first kappa shape index (κ1) is 8.31. The molecule has 1 nitrogen and oxygen atoms in total. The largest absolute Gasteiger partial charge is 0.380 e. The molecule has 0 aromatic rings. The van der Waals surface area contributed by atoms with Gasteiger partial charge in [0, 0.05) is 11.9 Å². The average molecular weight is 134 g/mol. The molecule has 8 heavy (non-hydrogen) atoms. The van der Waals surface area contributed by atoms with Crippen molar-refractivity contribution >= 4 is 12.6 Å². The predicted octanol–water partition coefficient (Wildman–Crippen LogP) is 1.73. The molecule has 0 rings (SSSR count). The van der Waals surface area contributed by atoms with Crippen LogP contribution in [-0.2, 0) is 4.74 Å². The molecule has 0 aromatic heterocycles. The minimum absolute atomic E-state index is 0.376. The van der Waals surface area contributed by atoms with Gasteiger partial charge in [0.05, 0.1) is 6.61 Å². The Kier molecular flexibility index (Phi) is 5.66. The van der Waals surface area contributed by atoms with E-state index in [0.717, 1.165) is 19.6 Å². The molecule has 0 heterocycles. The minimum atomic E-state index is 0.376. The fourth-order valence-corrected chi connectivity index (χ4v) is 0.504. The van der Waals surface area contributed by atoms with Crippen molar-refractivity contribution in [3.8, 4) is 0 Å². The smallest absolute Gasteiger partial charge is 0.0579 e. The zero-order chi connectivity index (χ0) is 6.41. The van der Waals surface area contributed by atoms with Gasteiger partial charge >= 0.3 is 0 Å². The summed E-state index contributed by atoms with van der Waals surface area (Å²) in [5.41, 5.74) is 0. The Balaban J connectivity index is 2.72. The lowest BCUT2D eigenvalue weighted by molar-refractivity contribution is 0.139. The van der Waals surface area contributed by atoms with Gasteiger partial charge in [0.1, 0.15) is 0 Å². The van der Waals surface area contributed by atoms with Crippen LogP contribution in [0.3, 0.4) is 0 Å². The van der Waals surface area contributed by atoms with Gasteiger partial charge in [-0.05, 0) is 6.42 Å². The van der Waals surface area contributed by atoms with Crippen LogP contribution in [0.2, 0.25) is 0 Å². The fourth-order valence-electron chi connectivity index (χ4n) is 0.398. The van der Waals surface area contributed by atoms with Gasteiger partial charge in [-0.2, -0.15) is 12.6 Å². The Hall–Kier alpha value is 0.310. The molecule has 0 fully saturated rings. The lowest BCUT2D eigenvalue weighted by atomic mass is 10.5. The second-order valence-electron chi connectivity index (χ2n) is 1.92. The third-order valence-corrected chi connectivity index (χ3v) is 0.857. The van der Waals surface area contributed by atoms with Gasteiger partial charge in [-0.15, -0.1) is 0 Å². The molecule has 0 aromatic carbocycles. The van der Waals surface area contributed by atoms with Gasteiger partial charge in [0.2, 0.25) is 0 Å². The Labute approximate surface area is 56.8 Å². The first-order chi connectivity index (χ1) is 3.77. The monoisotopic (exact) mass is 134 g/mol. The molecule has 0 N–H and O–H groups in total. The minimum Gasteiger partial charge on any atom is -0.380 e. The maximum Gasteiger partial charge on any atom is 0.0579 e. The molecular formula is C6H14OS. The van der Waals surface area contributed by atoms with Crippen molar-refractivity contribution in [1.82, 2.24) is 0 Å². The molecule has 0 amide bonds. The SMILES string of the molecule is CCCOCC(C)S. The number of hydrogen-bond donors (Lipinski definition) is 1. The molecule has 0 bridgehead atoms. The maximum atomic E-state index is 5.17. The maximum absolute atomic E-state index is 5.17. The van der Waals surface area contributed by atoms with E-state index >= 15 is 0 Å². The van der Waals surface area contributed by atoms with E-state index in [1.165, 1.54) is 0 Å². The van der Waals surface area contributed by atoms with Crippen LogP contribution in [0.5, 0.6) is 0 Å². The highest BCUT2D eigenvalue weighted by Gasteiger charge is 1.90. The van der Waals surface area contributed by atoms with Gasteiger partial charge in [0.25, 0.3) is 0 Å². The van der Waals surface area contributed by atoms with Crippen molar-refractivity contribution in [3.05, 3.63) is 0 Å². The number of rotatable bonds is 4. The van der Waals surface area contributed by atoms with E-state index in [4.69, 9.17) is 4.74 Å². The van der Waals surface area contributed by atoms with Crippen LogP contribution in [0.1, 0.15) is 20.3 Å². The molecule has 0 spiro atoms. The molecule has 50 valence electrons. The summed E-state index contributed by atoms with van der Waals surface area (Å²) in [4.78, 5) is 0. The van der Waals surface area contributed by atoms with Crippen LogP contribution in [-0.4, -0.2) is 18.5 Å². The molecule has 0 saturated heterocycles.